The molecule has 0 rings (SSSR count). The molecule has 3 nitrogen and oxygen atoms in total. The predicted octanol–water partition coefficient (Wildman–Crippen LogP) is 2.60. The molecule has 1 unspecified atom stereocenters. The van der Waals surface area contributed by atoms with Crippen LogP contribution in [0.3, 0.4) is 0 Å². The third-order valence-corrected chi connectivity index (χ3v) is 2.61. The van der Waals surface area contributed by atoms with E-state index in [4.69, 9.17) is 0 Å². The van der Waals surface area contributed by atoms with E-state index in [0.29, 0.717) is 5.41 Å². The molecule has 1 atom stereocenters. The maximum Gasteiger partial charge on any atom is 0.224 e. The van der Waals surface area contributed by atoms with E-state index in [9.17, 15) is 4.79 Å². The lowest BCUT2D eigenvalue weighted by molar-refractivity contribution is -0.124. The summed E-state index contributed by atoms with van der Waals surface area (Å²) < 4.78 is 0. The molecular formula is C13H29ClN2O. The maximum atomic E-state index is 11.5. The molecule has 0 heterocycles. The molecular weight excluding hydrogens is 236 g/mol. The van der Waals surface area contributed by atoms with Crippen LogP contribution in [-0.4, -0.2) is 26.0 Å². The van der Waals surface area contributed by atoms with Gasteiger partial charge in [0.1, 0.15) is 0 Å². The van der Waals surface area contributed by atoms with E-state index in [1.807, 2.05) is 14.0 Å². The summed E-state index contributed by atoms with van der Waals surface area (Å²) in [6.45, 7) is 10.2. The molecule has 0 aliphatic rings. The lowest BCUT2D eigenvalue weighted by Gasteiger charge is -2.17. The van der Waals surface area contributed by atoms with E-state index in [0.717, 1.165) is 19.5 Å². The lowest BCUT2D eigenvalue weighted by atomic mass is 9.90. The van der Waals surface area contributed by atoms with Crippen molar-refractivity contribution in [3.8, 4) is 0 Å². The molecule has 0 aromatic rings. The van der Waals surface area contributed by atoms with E-state index in [1.165, 1.54) is 12.8 Å². The smallest absolute Gasteiger partial charge is 0.224 e. The first-order valence-electron chi connectivity index (χ1n) is 6.29. The Balaban J connectivity index is 0. The van der Waals surface area contributed by atoms with Crippen molar-refractivity contribution < 1.29 is 4.79 Å². The first-order chi connectivity index (χ1) is 7.37. The summed E-state index contributed by atoms with van der Waals surface area (Å²) in [6.07, 6.45) is 3.48. The van der Waals surface area contributed by atoms with E-state index >= 15 is 0 Å². The molecule has 0 fully saturated rings. The predicted molar refractivity (Wildman–Crippen MR) is 76.7 cm³/mol. The molecule has 0 aromatic carbocycles. The summed E-state index contributed by atoms with van der Waals surface area (Å²) in [6, 6.07) is 0. The normalized spacial score (nSPS) is 12.8. The van der Waals surface area contributed by atoms with Gasteiger partial charge in [0, 0.05) is 19.0 Å². The van der Waals surface area contributed by atoms with Gasteiger partial charge in [-0.25, -0.2) is 0 Å². The number of amides is 1. The summed E-state index contributed by atoms with van der Waals surface area (Å²) in [7, 11) is 1.87. The van der Waals surface area contributed by atoms with Gasteiger partial charge in [0.05, 0.1) is 0 Å². The molecule has 0 radical (unpaired) electrons. The van der Waals surface area contributed by atoms with Crippen molar-refractivity contribution >= 4 is 18.3 Å². The average molecular weight is 265 g/mol. The number of carbonyl (C=O) groups excluding carboxylic acids is 1. The zero-order chi connectivity index (χ0) is 12.6. The van der Waals surface area contributed by atoms with Gasteiger partial charge >= 0.3 is 0 Å². The number of hydrogen-bond donors (Lipinski definition) is 2. The quantitative estimate of drug-likeness (QED) is 0.694. The summed E-state index contributed by atoms with van der Waals surface area (Å²) in [5.74, 6) is 0.220. The Hall–Kier alpha value is -0.280. The van der Waals surface area contributed by atoms with Crippen LogP contribution in [0.15, 0.2) is 0 Å². The van der Waals surface area contributed by atoms with Crippen LogP contribution in [0.2, 0.25) is 0 Å². The third kappa shape index (κ3) is 12.0. The fourth-order valence-electron chi connectivity index (χ4n) is 1.57. The second kappa shape index (κ2) is 9.72. The maximum absolute atomic E-state index is 11.5. The summed E-state index contributed by atoms with van der Waals surface area (Å²) in [5.41, 5.74) is 0.406. The van der Waals surface area contributed by atoms with Crippen LogP contribution in [0, 0.1) is 11.3 Å². The van der Waals surface area contributed by atoms with E-state index in [1.54, 1.807) is 0 Å². The standard InChI is InChI=1S/C13H28N2O.ClH/c1-11(10-14-5)12(16)15-9-7-6-8-13(2,3)4;/h11,14H,6-10H2,1-5H3,(H,15,16);1H. The summed E-state index contributed by atoms with van der Waals surface area (Å²) in [5, 5.41) is 5.98. The second-order valence-corrected chi connectivity index (χ2v) is 5.77. The zero-order valence-corrected chi connectivity index (χ0v) is 12.7. The fourth-order valence-corrected chi connectivity index (χ4v) is 1.57. The van der Waals surface area contributed by atoms with Crippen LogP contribution in [0.4, 0.5) is 0 Å². The molecule has 0 saturated carbocycles. The highest BCUT2D eigenvalue weighted by atomic mass is 35.5. The third-order valence-electron chi connectivity index (χ3n) is 2.61. The second-order valence-electron chi connectivity index (χ2n) is 5.77. The highest BCUT2D eigenvalue weighted by Gasteiger charge is 2.11. The van der Waals surface area contributed by atoms with Gasteiger partial charge in [0.2, 0.25) is 5.91 Å². The van der Waals surface area contributed by atoms with Crippen LogP contribution in [0.5, 0.6) is 0 Å². The highest BCUT2D eigenvalue weighted by molar-refractivity contribution is 5.85. The first kappa shape index (κ1) is 19.1. The molecule has 104 valence electrons. The number of hydrogen-bond acceptors (Lipinski definition) is 2. The number of nitrogens with one attached hydrogen (secondary N) is 2. The van der Waals surface area contributed by atoms with Gasteiger partial charge in [-0.2, -0.15) is 0 Å². The molecule has 0 bridgehead atoms. The Bertz CT molecular complexity index is 202. The number of carbonyl (C=O) groups is 1. The van der Waals surface area contributed by atoms with Crippen molar-refractivity contribution in [1.29, 1.82) is 0 Å². The molecule has 2 N–H and O–H groups in total. The lowest BCUT2D eigenvalue weighted by Crippen LogP contribution is -2.34. The minimum atomic E-state index is 0. The molecule has 0 aromatic heterocycles. The van der Waals surface area contributed by atoms with Crippen LogP contribution >= 0.6 is 12.4 Å². The minimum absolute atomic E-state index is 0. The SMILES string of the molecule is CNCC(C)C(=O)NCCCCC(C)(C)C.Cl. The largest absolute Gasteiger partial charge is 0.356 e. The van der Waals surface area contributed by atoms with Crippen LogP contribution in [0.1, 0.15) is 47.0 Å². The van der Waals surface area contributed by atoms with Crippen LogP contribution in [0.25, 0.3) is 0 Å². The number of unbranched alkanes of at least 4 members (excludes halogenated alkanes) is 1. The van der Waals surface area contributed by atoms with Gasteiger partial charge in [0.25, 0.3) is 0 Å². The Morgan fingerprint density at radius 2 is 1.82 bits per heavy atom. The molecule has 1 amide bonds. The molecule has 0 aliphatic heterocycles. The van der Waals surface area contributed by atoms with E-state index in [2.05, 4.69) is 31.4 Å². The molecule has 17 heavy (non-hydrogen) atoms. The van der Waals surface area contributed by atoms with Crippen molar-refractivity contribution in [3.63, 3.8) is 0 Å². The summed E-state index contributed by atoms with van der Waals surface area (Å²) >= 11 is 0. The molecule has 4 heteroatoms. The molecule has 0 saturated heterocycles. The topological polar surface area (TPSA) is 41.1 Å². The average Bonchev–Trinajstić information content (AvgIpc) is 2.15. The van der Waals surface area contributed by atoms with Crippen molar-refractivity contribution in [2.24, 2.45) is 11.3 Å². The van der Waals surface area contributed by atoms with Gasteiger partial charge in [-0.15, -0.1) is 12.4 Å². The van der Waals surface area contributed by atoms with Crippen molar-refractivity contribution in [3.05, 3.63) is 0 Å². The van der Waals surface area contributed by atoms with Crippen LogP contribution < -0.4 is 10.6 Å². The monoisotopic (exact) mass is 264 g/mol. The Kier molecular flexibility index (Phi) is 10.9. The Labute approximate surface area is 113 Å². The van der Waals surface area contributed by atoms with Crippen LogP contribution in [-0.2, 0) is 4.79 Å². The zero-order valence-electron chi connectivity index (χ0n) is 11.9. The first-order valence-corrected chi connectivity index (χ1v) is 6.29. The summed E-state index contributed by atoms with van der Waals surface area (Å²) in [4.78, 5) is 11.5. The molecule has 0 spiro atoms. The Morgan fingerprint density at radius 1 is 1.24 bits per heavy atom. The molecule has 0 aliphatic carbocycles. The van der Waals surface area contributed by atoms with Crippen molar-refractivity contribution in [2.45, 2.75) is 47.0 Å². The van der Waals surface area contributed by atoms with Gasteiger partial charge in [-0.05, 0) is 25.3 Å². The van der Waals surface area contributed by atoms with E-state index < -0.39 is 0 Å². The van der Waals surface area contributed by atoms with Crippen molar-refractivity contribution in [2.75, 3.05) is 20.1 Å². The Morgan fingerprint density at radius 3 is 2.29 bits per heavy atom. The van der Waals surface area contributed by atoms with E-state index in [-0.39, 0.29) is 24.2 Å². The van der Waals surface area contributed by atoms with Gasteiger partial charge in [-0.1, -0.05) is 34.1 Å². The van der Waals surface area contributed by atoms with Gasteiger partial charge in [0.15, 0.2) is 0 Å². The number of rotatable bonds is 7. The van der Waals surface area contributed by atoms with Crippen molar-refractivity contribution in [1.82, 2.24) is 10.6 Å². The van der Waals surface area contributed by atoms with Gasteiger partial charge < -0.3 is 10.6 Å². The van der Waals surface area contributed by atoms with Gasteiger partial charge in [-0.3, -0.25) is 4.79 Å². The minimum Gasteiger partial charge on any atom is -0.356 e. The highest BCUT2D eigenvalue weighted by Crippen LogP contribution is 2.21. The fraction of sp³-hybridized carbons (Fsp3) is 0.923. The number of halogens is 1.